The van der Waals surface area contributed by atoms with Crippen molar-refractivity contribution in [2.45, 2.75) is 52.3 Å². The molecule has 1 aromatic heterocycles. The number of ether oxygens (including phenoxy) is 1. The van der Waals surface area contributed by atoms with Crippen LogP contribution in [0.1, 0.15) is 44.4 Å². The Balaban J connectivity index is 1.42. The van der Waals surface area contributed by atoms with Crippen LogP contribution in [-0.2, 0) is 13.2 Å². The van der Waals surface area contributed by atoms with E-state index in [1.807, 2.05) is 12.3 Å². The third-order valence-corrected chi connectivity index (χ3v) is 6.34. The van der Waals surface area contributed by atoms with E-state index in [0.717, 1.165) is 25.4 Å². The molecule has 4 rings (SSSR count). The summed E-state index contributed by atoms with van der Waals surface area (Å²) in [6.07, 6.45) is 5.74. The van der Waals surface area contributed by atoms with Crippen LogP contribution in [0.5, 0.6) is 5.75 Å². The fourth-order valence-corrected chi connectivity index (χ4v) is 4.53. The first-order valence-corrected chi connectivity index (χ1v) is 12.1. The van der Waals surface area contributed by atoms with Gasteiger partial charge in [-0.3, -0.25) is 4.90 Å². The molecule has 1 saturated heterocycles. The zero-order chi connectivity index (χ0) is 22.2. The van der Waals surface area contributed by atoms with Crippen molar-refractivity contribution in [1.29, 1.82) is 0 Å². The van der Waals surface area contributed by atoms with Gasteiger partial charge in [0.25, 0.3) is 0 Å². The summed E-state index contributed by atoms with van der Waals surface area (Å²) in [5, 5.41) is 0. The number of benzene rings is 2. The molecule has 1 fully saturated rings. The van der Waals surface area contributed by atoms with Gasteiger partial charge < -0.3 is 14.6 Å². The van der Waals surface area contributed by atoms with Crippen molar-refractivity contribution < 1.29 is 4.74 Å². The number of nitrogens with one attached hydrogen (secondary N) is 1. The Labute approximate surface area is 193 Å². The molecular weight excluding hydrogens is 394 g/mol. The average molecular weight is 432 g/mol. The maximum absolute atomic E-state index is 6.02. The van der Waals surface area contributed by atoms with Crippen LogP contribution in [0.25, 0.3) is 0 Å². The van der Waals surface area contributed by atoms with E-state index in [0.29, 0.717) is 18.6 Å². The van der Waals surface area contributed by atoms with E-state index in [4.69, 9.17) is 4.74 Å². The quantitative estimate of drug-likeness (QED) is 0.420. The number of piperidine rings is 1. The minimum atomic E-state index is 0.550. The predicted octanol–water partition coefficient (Wildman–Crippen LogP) is 6.11. The molecule has 1 N–H and O–H groups in total. The summed E-state index contributed by atoms with van der Waals surface area (Å²) in [6.45, 7) is 9.64. The van der Waals surface area contributed by atoms with E-state index in [-0.39, 0.29) is 0 Å². The minimum Gasteiger partial charge on any atom is -0.489 e. The number of likely N-dealkylation sites (tertiary alicyclic amines) is 1. The molecule has 0 radical (unpaired) electrons. The lowest BCUT2D eigenvalue weighted by molar-refractivity contribution is 0.194. The highest BCUT2D eigenvalue weighted by atomic mass is 16.5. The molecule has 4 heteroatoms. The fraction of sp³-hybridized carbons (Fsp3) is 0.429. The largest absolute Gasteiger partial charge is 0.489 e. The van der Waals surface area contributed by atoms with Gasteiger partial charge in [0.2, 0.25) is 0 Å². The number of hydrogen-bond acceptors (Lipinski definition) is 3. The van der Waals surface area contributed by atoms with Gasteiger partial charge in [0.1, 0.15) is 12.4 Å². The van der Waals surface area contributed by atoms with Crippen LogP contribution >= 0.6 is 0 Å². The monoisotopic (exact) mass is 431 g/mol. The maximum Gasteiger partial charge on any atom is 0.119 e. The Morgan fingerprint density at radius 3 is 2.56 bits per heavy atom. The van der Waals surface area contributed by atoms with Crippen LogP contribution in [0, 0.1) is 5.92 Å². The van der Waals surface area contributed by atoms with Gasteiger partial charge >= 0.3 is 0 Å². The number of rotatable bonds is 10. The number of H-pyrrole nitrogens is 1. The van der Waals surface area contributed by atoms with Gasteiger partial charge in [0.05, 0.1) is 0 Å². The van der Waals surface area contributed by atoms with Gasteiger partial charge in [-0.15, -0.1) is 0 Å². The first-order chi connectivity index (χ1) is 15.7. The van der Waals surface area contributed by atoms with Crippen LogP contribution in [0.4, 0.5) is 5.69 Å². The molecule has 2 aromatic carbocycles. The highest BCUT2D eigenvalue weighted by Gasteiger charge is 2.26. The third-order valence-electron chi connectivity index (χ3n) is 6.34. The minimum absolute atomic E-state index is 0.550. The molecule has 2 heterocycles. The molecule has 0 aliphatic carbocycles. The van der Waals surface area contributed by atoms with Gasteiger partial charge in [-0.05, 0) is 73.7 Å². The van der Waals surface area contributed by atoms with Crippen molar-refractivity contribution in [2.24, 2.45) is 5.92 Å². The second-order valence-corrected chi connectivity index (χ2v) is 9.37. The standard InChI is InChI=1S/C28H37N3O/c1-23(2)16-19-31(27-11-7-18-30(21-27)20-25-10-6-17-29-25)26-12-14-28(15-13-26)32-22-24-8-4-3-5-9-24/h3-6,8-10,12-15,17,23,27,29H,7,11,16,18-22H2,1-2H3. The van der Waals surface area contributed by atoms with Gasteiger partial charge in [-0.25, -0.2) is 0 Å². The fourth-order valence-electron chi connectivity index (χ4n) is 4.53. The molecular formula is C28H37N3O. The third kappa shape index (κ3) is 6.39. The lowest BCUT2D eigenvalue weighted by atomic mass is 10.0. The van der Waals surface area contributed by atoms with Crippen molar-refractivity contribution in [3.8, 4) is 5.75 Å². The van der Waals surface area contributed by atoms with Crippen LogP contribution in [0.2, 0.25) is 0 Å². The molecule has 1 aliphatic heterocycles. The molecule has 0 bridgehead atoms. The van der Waals surface area contributed by atoms with Gasteiger partial charge in [-0.2, -0.15) is 0 Å². The van der Waals surface area contributed by atoms with Crippen molar-refractivity contribution in [3.63, 3.8) is 0 Å². The second kappa shape index (κ2) is 11.2. The van der Waals surface area contributed by atoms with Crippen LogP contribution < -0.4 is 9.64 Å². The summed E-state index contributed by atoms with van der Waals surface area (Å²) in [7, 11) is 0. The number of anilines is 1. The Morgan fingerprint density at radius 1 is 1.03 bits per heavy atom. The summed E-state index contributed by atoms with van der Waals surface area (Å²) in [4.78, 5) is 8.60. The highest BCUT2D eigenvalue weighted by Crippen LogP contribution is 2.27. The summed E-state index contributed by atoms with van der Waals surface area (Å²) in [5.74, 6) is 1.63. The topological polar surface area (TPSA) is 31.5 Å². The molecule has 0 amide bonds. The molecule has 170 valence electrons. The molecule has 1 aliphatic rings. The van der Waals surface area contributed by atoms with Crippen LogP contribution in [-0.4, -0.2) is 35.6 Å². The number of nitrogens with zero attached hydrogens (tertiary/aromatic N) is 2. The number of aromatic nitrogens is 1. The molecule has 1 atom stereocenters. The van der Waals surface area contributed by atoms with Crippen LogP contribution in [0.3, 0.4) is 0 Å². The summed E-state index contributed by atoms with van der Waals surface area (Å²) in [5.41, 5.74) is 3.81. The zero-order valence-electron chi connectivity index (χ0n) is 19.5. The summed E-state index contributed by atoms with van der Waals surface area (Å²) >= 11 is 0. The van der Waals surface area contributed by atoms with Gasteiger partial charge in [0, 0.05) is 43.3 Å². The Hall–Kier alpha value is -2.72. The van der Waals surface area contributed by atoms with E-state index < -0.39 is 0 Å². The van der Waals surface area contributed by atoms with E-state index in [1.165, 1.54) is 42.8 Å². The average Bonchev–Trinajstić information content (AvgIpc) is 3.32. The van der Waals surface area contributed by atoms with E-state index in [1.54, 1.807) is 0 Å². The van der Waals surface area contributed by atoms with Gasteiger partial charge in [0.15, 0.2) is 0 Å². The number of hydrogen-bond donors (Lipinski definition) is 1. The first-order valence-electron chi connectivity index (χ1n) is 12.1. The van der Waals surface area contributed by atoms with E-state index in [9.17, 15) is 0 Å². The van der Waals surface area contributed by atoms with Gasteiger partial charge in [-0.1, -0.05) is 44.2 Å². The predicted molar refractivity (Wildman–Crippen MR) is 133 cm³/mol. The lowest BCUT2D eigenvalue weighted by Gasteiger charge is -2.41. The highest BCUT2D eigenvalue weighted by molar-refractivity contribution is 5.50. The second-order valence-electron chi connectivity index (χ2n) is 9.37. The van der Waals surface area contributed by atoms with Crippen molar-refractivity contribution >= 4 is 5.69 Å². The molecule has 0 saturated carbocycles. The summed E-state index contributed by atoms with van der Waals surface area (Å²) in [6, 6.07) is 23.9. The Morgan fingerprint density at radius 2 is 1.84 bits per heavy atom. The molecule has 3 aromatic rings. The Bertz CT molecular complexity index is 906. The van der Waals surface area contributed by atoms with E-state index in [2.05, 4.69) is 89.3 Å². The van der Waals surface area contributed by atoms with Crippen molar-refractivity contribution in [3.05, 3.63) is 84.2 Å². The SMILES string of the molecule is CC(C)CCN(c1ccc(OCc2ccccc2)cc1)C1CCCN(Cc2ccc[nH]2)C1. The molecule has 1 unspecified atom stereocenters. The normalized spacial score (nSPS) is 16.9. The molecule has 0 spiro atoms. The summed E-state index contributed by atoms with van der Waals surface area (Å²) < 4.78 is 6.02. The number of aromatic amines is 1. The zero-order valence-corrected chi connectivity index (χ0v) is 19.5. The molecule has 4 nitrogen and oxygen atoms in total. The van der Waals surface area contributed by atoms with Crippen LogP contribution in [0.15, 0.2) is 72.9 Å². The first kappa shape index (κ1) is 22.5. The molecule has 32 heavy (non-hydrogen) atoms. The lowest BCUT2D eigenvalue weighted by Crippen LogP contribution is -2.48. The smallest absolute Gasteiger partial charge is 0.119 e. The van der Waals surface area contributed by atoms with Crippen molar-refractivity contribution in [1.82, 2.24) is 9.88 Å². The Kier molecular flexibility index (Phi) is 7.89. The van der Waals surface area contributed by atoms with E-state index >= 15 is 0 Å². The van der Waals surface area contributed by atoms with Crippen molar-refractivity contribution in [2.75, 3.05) is 24.5 Å². The maximum atomic E-state index is 6.02.